The number of hydrogen-bond acceptors (Lipinski definition) is 5. The highest BCUT2D eigenvalue weighted by Gasteiger charge is 2.85. The van der Waals surface area contributed by atoms with Gasteiger partial charge in [-0.15, -0.1) is 0 Å². The van der Waals surface area contributed by atoms with Crippen LogP contribution in [0.1, 0.15) is 47.5 Å². The van der Waals surface area contributed by atoms with Gasteiger partial charge in [0.05, 0.1) is 17.6 Å². The molecule has 8 rings (SSSR count). The molecule has 0 unspecified atom stereocenters. The quantitative estimate of drug-likeness (QED) is 0.362. The lowest BCUT2D eigenvalue weighted by atomic mass is 9.45. The topological polar surface area (TPSA) is 54.0 Å². The Balaban J connectivity index is 1.40. The van der Waals surface area contributed by atoms with Crippen molar-refractivity contribution < 1.29 is 23.4 Å². The maximum atomic E-state index is 13.4. The first kappa shape index (κ1) is 19.4. The van der Waals surface area contributed by atoms with Gasteiger partial charge in [-0.05, 0) is 55.1 Å². The SMILES string of the molecule is CC1=C2[C@@H]3O[C@H]4[C@H]5OC(=O)[C@]6(CC[C@H]7C=C(O[Si](C)(C)C(C)(C)C)[C@H]1O[C@]27[C@@H]6[C@@H]53)[C@@H]4C. The van der Waals surface area contributed by atoms with Crippen LogP contribution >= 0.6 is 0 Å². The Labute approximate surface area is 185 Å². The van der Waals surface area contributed by atoms with Crippen LogP contribution in [-0.2, 0) is 23.4 Å². The fourth-order valence-corrected chi connectivity index (χ4v) is 9.50. The number of carbonyl (C=O) groups is 1. The van der Waals surface area contributed by atoms with Crippen LogP contribution < -0.4 is 0 Å². The Morgan fingerprint density at radius 1 is 1.23 bits per heavy atom. The zero-order valence-electron chi connectivity index (χ0n) is 19.7. The van der Waals surface area contributed by atoms with Crippen LogP contribution in [0.3, 0.4) is 0 Å². The molecule has 0 N–H and O–H groups in total. The van der Waals surface area contributed by atoms with Crippen LogP contribution in [0.2, 0.25) is 18.1 Å². The van der Waals surface area contributed by atoms with Gasteiger partial charge < -0.3 is 18.6 Å². The standard InChI is InChI=1S/C25H34O5Si/c1-11-16-19-15-20-18(27-19)12(2)24(22(26)28-20)9-8-13-10-14(30-31(6,7)23(3,4)5)17(11)29-25(13,16)21(15)24/h10,12-13,15,17-21H,8-9H2,1-7H3/t12-,13+,15-,17+,18-,19-,20+,21-,24-,25+/m1/s1. The number of esters is 1. The number of carbonyl (C=O) groups excluding carboxylic acids is 1. The first-order valence-electron chi connectivity index (χ1n) is 12.1. The molecule has 2 spiro atoms. The van der Waals surface area contributed by atoms with Gasteiger partial charge in [0, 0.05) is 23.7 Å². The second kappa shape index (κ2) is 5.17. The molecule has 0 aromatic rings. The van der Waals surface area contributed by atoms with Gasteiger partial charge in [-0.3, -0.25) is 4.79 Å². The van der Waals surface area contributed by atoms with Gasteiger partial charge in [0.25, 0.3) is 0 Å². The maximum absolute atomic E-state index is 13.4. The van der Waals surface area contributed by atoms with E-state index in [4.69, 9.17) is 18.6 Å². The van der Waals surface area contributed by atoms with Crippen molar-refractivity contribution in [3.8, 4) is 0 Å². The molecule has 5 heterocycles. The molecule has 5 aliphatic heterocycles. The van der Waals surface area contributed by atoms with Crippen LogP contribution in [0.25, 0.3) is 0 Å². The third kappa shape index (κ3) is 1.79. The zero-order valence-corrected chi connectivity index (χ0v) is 20.7. The van der Waals surface area contributed by atoms with Crippen LogP contribution in [0, 0.1) is 29.1 Å². The molecule has 6 bridgehead atoms. The van der Waals surface area contributed by atoms with Crippen LogP contribution in [0.4, 0.5) is 0 Å². The van der Waals surface area contributed by atoms with Crippen LogP contribution in [0.5, 0.6) is 0 Å². The summed E-state index contributed by atoms with van der Waals surface area (Å²) in [6, 6.07) is 0. The molecule has 0 radical (unpaired) electrons. The summed E-state index contributed by atoms with van der Waals surface area (Å²) in [5.41, 5.74) is 1.74. The maximum Gasteiger partial charge on any atom is 0.313 e. The van der Waals surface area contributed by atoms with Crippen molar-refractivity contribution in [1.29, 1.82) is 0 Å². The molecule has 8 aliphatic rings. The van der Waals surface area contributed by atoms with Crippen molar-refractivity contribution in [1.82, 2.24) is 0 Å². The van der Waals surface area contributed by atoms with E-state index in [2.05, 4.69) is 53.8 Å². The molecule has 3 saturated carbocycles. The van der Waals surface area contributed by atoms with Crippen molar-refractivity contribution in [2.75, 3.05) is 0 Å². The lowest BCUT2D eigenvalue weighted by Crippen LogP contribution is -2.72. The summed E-state index contributed by atoms with van der Waals surface area (Å²) in [4.78, 5) is 13.4. The largest absolute Gasteiger partial charge is 0.545 e. The summed E-state index contributed by atoms with van der Waals surface area (Å²) in [5, 5.41) is 0.131. The molecular formula is C25H34O5Si. The number of rotatable bonds is 2. The molecule has 0 amide bonds. The highest BCUT2D eigenvalue weighted by atomic mass is 28.4. The molecule has 168 valence electrons. The first-order valence-corrected chi connectivity index (χ1v) is 15.0. The van der Waals surface area contributed by atoms with Gasteiger partial charge >= 0.3 is 5.97 Å². The first-order chi connectivity index (χ1) is 14.4. The van der Waals surface area contributed by atoms with E-state index < -0.39 is 19.3 Å². The third-order valence-corrected chi connectivity index (χ3v) is 15.1. The fraction of sp³-hybridized carbons (Fsp3) is 0.800. The van der Waals surface area contributed by atoms with Gasteiger partial charge in [-0.2, -0.15) is 0 Å². The average molecular weight is 443 g/mol. The van der Waals surface area contributed by atoms with Gasteiger partial charge in [0.2, 0.25) is 8.32 Å². The minimum Gasteiger partial charge on any atom is -0.545 e. The van der Waals surface area contributed by atoms with Gasteiger partial charge in [-0.25, -0.2) is 0 Å². The molecule has 0 aromatic heterocycles. The summed E-state index contributed by atoms with van der Waals surface area (Å²) < 4.78 is 26.7. The third-order valence-electron chi connectivity index (χ3n) is 10.7. The molecule has 5 nitrogen and oxygen atoms in total. The summed E-state index contributed by atoms with van der Waals surface area (Å²) >= 11 is 0. The molecule has 3 aliphatic carbocycles. The van der Waals surface area contributed by atoms with Crippen molar-refractivity contribution in [2.24, 2.45) is 29.1 Å². The lowest BCUT2D eigenvalue weighted by molar-refractivity contribution is -0.265. The zero-order chi connectivity index (χ0) is 21.9. The minimum atomic E-state index is -1.99. The predicted molar refractivity (Wildman–Crippen MR) is 117 cm³/mol. The van der Waals surface area contributed by atoms with E-state index in [9.17, 15) is 4.79 Å². The lowest BCUT2D eigenvalue weighted by Gasteiger charge is -2.63. The Kier molecular flexibility index (Phi) is 3.23. The summed E-state index contributed by atoms with van der Waals surface area (Å²) in [7, 11) is -1.99. The molecule has 31 heavy (non-hydrogen) atoms. The van der Waals surface area contributed by atoms with Crippen molar-refractivity contribution in [2.45, 2.75) is 95.6 Å². The Morgan fingerprint density at radius 3 is 2.68 bits per heavy atom. The van der Waals surface area contributed by atoms with Gasteiger partial charge in [0.1, 0.15) is 23.6 Å². The van der Waals surface area contributed by atoms with Crippen LogP contribution in [0.15, 0.2) is 23.0 Å². The molecular weight excluding hydrogens is 408 g/mol. The van der Waals surface area contributed by atoms with Crippen molar-refractivity contribution in [3.63, 3.8) is 0 Å². The Hall–Kier alpha value is -1.11. The fourth-order valence-electron chi connectivity index (χ4n) is 8.43. The van der Waals surface area contributed by atoms with Crippen molar-refractivity contribution in [3.05, 3.63) is 23.0 Å². The second-order valence-electron chi connectivity index (χ2n) is 12.7. The van der Waals surface area contributed by atoms with Crippen LogP contribution in [-0.4, -0.2) is 44.3 Å². The normalized spacial score (nSPS) is 53.1. The molecule has 3 saturated heterocycles. The van der Waals surface area contributed by atoms with E-state index in [1.165, 1.54) is 11.1 Å². The number of hydrogen-bond donors (Lipinski definition) is 0. The monoisotopic (exact) mass is 442 g/mol. The van der Waals surface area contributed by atoms with E-state index in [0.717, 1.165) is 18.6 Å². The molecule has 0 aromatic carbocycles. The van der Waals surface area contributed by atoms with Gasteiger partial charge in [-0.1, -0.05) is 27.7 Å². The smallest absolute Gasteiger partial charge is 0.313 e. The Bertz CT molecular complexity index is 990. The number of ether oxygens (including phenoxy) is 3. The average Bonchev–Trinajstić information content (AvgIpc) is 3.22. The molecule has 6 fully saturated rings. The van der Waals surface area contributed by atoms with Crippen molar-refractivity contribution >= 4 is 14.3 Å². The number of fused-ring (bicyclic) bond motifs is 3. The summed E-state index contributed by atoms with van der Waals surface area (Å²) in [5.74, 6) is 1.89. The molecule has 6 heteroatoms. The predicted octanol–water partition coefficient (Wildman–Crippen LogP) is 4.34. The van der Waals surface area contributed by atoms with Gasteiger partial charge in [0.15, 0.2) is 0 Å². The van der Waals surface area contributed by atoms with E-state index >= 15 is 0 Å². The van der Waals surface area contributed by atoms with E-state index in [-0.39, 0.29) is 59.1 Å². The highest BCUT2D eigenvalue weighted by molar-refractivity contribution is 6.74. The van der Waals surface area contributed by atoms with E-state index in [1.54, 1.807) is 0 Å². The van der Waals surface area contributed by atoms with E-state index in [0.29, 0.717) is 0 Å². The highest BCUT2D eigenvalue weighted by Crippen LogP contribution is 2.77. The summed E-state index contributed by atoms with van der Waals surface area (Å²) in [6.45, 7) is 15.9. The summed E-state index contributed by atoms with van der Waals surface area (Å²) in [6.07, 6.45) is 4.04. The van der Waals surface area contributed by atoms with E-state index in [1.807, 2.05) is 0 Å². The second-order valence-corrected chi connectivity index (χ2v) is 17.5. The minimum absolute atomic E-state index is 0.0119. The molecule has 10 atom stereocenters. The Morgan fingerprint density at radius 2 is 1.97 bits per heavy atom.